The Kier molecular flexibility index (Phi) is 3.58. The lowest BCUT2D eigenvalue weighted by Gasteiger charge is -2.00. The molecule has 0 aliphatic rings. The summed E-state index contributed by atoms with van der Waals surface area (Å²) in [6.07, 6.45) is 1.77. The fourth-order valence-electron chi connectivity index (χ4n) is 1.19. The molecule has 1 N–H and O–H groups in total. The van der Waals surface area contributed by atoms with Crippen molar-refractivity contribution in [3.05, 3.63) is 46.4 Å². The van der Waals surface area contributed by atoms with Crippen molar-refractivity contribution >= 4 is 29.1 Å². The fourth-order valence-corrected chi connectivity index (χ4v) is 2.79. The van der Waals surface area contributed by atoms with Crippen molar-refractivity contribution < 1.29 is 9.90 Å². The summed E-state index contributed by atoms with van der Waals surface area (Å²) in [5.74, 6) is -0.113. The second-order valence-corrected chi connectivity index (χ2v) is 5.08. The molecule has 0 aliphatic carbocycles. The third-order valence-electron chi connectivity index (χ3n) is 1.93. The average Bonchev–Trinajstić information content (AvgIpc) is 2.79. The molecule has 0 amide bonds. The van der Waals surface area contributed by atoms with Crippen molar-refractivity contribution in [2.45, 2.75) is 10.6 Å². The molecular formula is C11H9NO2S2. The number of thiazole rings is 1. The van der Waals surface area contributed by atoms with Crippen molar-refractivity contribution in [2.24, 2.45) is 0 Å². The number of carboxylic acid groups (broad SMARTS) is 1. The van der Waals surface area contributed by atoms with E-state index in [-0.39, 0.29) is 0 Å². The molecule has 2 aromatic rings. The summed E-state index contributed by atoms with van der Waals surface area (Å²) in [5, 5.41) is 11.8. The Bertz CT molecular complexity index is 482. The van der Waals surface area contributed by atoms with Crippen LogP contribution in [0.25, 0.3) is 0 Å². The molecular weight excluding hydrogens is 242 g/mol. The van der Waals surface area contributed by atoms with Crippen LogP contribution < -0.4 is 0 Å². The number of thioether (sulfide) groups is 1. The first kappa shape index (κ1) is 11.2. The lowest BCUT2D eigenvalue weighted by molar-refractivity contribution is 0.0696. The van der Waals surface area contributed by atoms with Gasteiger partial charge in [-0.3, -0.25) is 0 Å². The van der Waals surface area contributed by atoms with Crippen molar-refractivity contribution in [1.82, 2.24) is 4.98 Å². The zero-order valence-electron chi connectivity index (χ0n) is 8.29. The highest BCUT2D eigenvalue weighted by atomic mass is 32.2. The lowest BCUT2D eigenvalue weighted by Crippen LogP contribution is -1.95. The highest BCUT2D eigenvalue weighted by Crippen LogP contribution is 2.24. The van der Waals surface area contributed by atoms with E-state index in [4.69, 9.17) is 5.11 Å². The van der Waals surface area contributed by atoms with Crippen LogP contribution in [0.15, 0.2) is 40.7 Å². The number of hydrogen-bond donors (Lipinski definition) is 1. The predicted molar refractivity (Wildman–Crippen MR) is 65.1 cm³/mol. The largest absolute Gasteiger partial charge is 0.478 e. The molecule has 0 saturated carbocycles. The van der Waals surface area contributed by atoms with E-state index < -0.39 is 5.97 Å². The molecule has 2 rings (SSSR count). The van der Waals surface area contributed by atoms with E-state index in [1.807, 2.05) is 11.4 Å². The van der Waals surface area contributed by atoms with E-state index in [1.165, 1.54) is 0 Å². The van der Waals surface area contributed by atoms with Crippen LogP contribution in [0, 0.1) is 0 Å². The Morgan fingerprint density at radius 2 is 2.38 bits per heavy atom. The van der Waals surface area contributed by atoms with Crippen LogP contribution in [0.1, 0.15) is 15.4 Å². The molecule has 0 atom stereocenters. The van der Waals surface area contributed by atoms with E-state index in [2.05, 4.69) is 4.98 Å². The summed E-state index contributed by atoms with van der Waals surface area (Å²) in [7, 11) is 0. The standard InChI is InChI=1S/C11H9NO2S2/c13-11(14)8-2-1-3-9(6-8)16-7-10-12-4-5-15-10/h1-6H,7H2,(H,13,14). The summed E-state index contributed by atoms with van der Waals surface area (Å²) >= 11 is 3.20. The molecule has 0 bridgehead atoms. The summed E-state index contributed by atoms with van der Waals surface area (Å²) < 4.78 is 0. The molecule has 1 aromatic carbocycles. The Balaban J connectivity index is 2.04. The minimum absolute atomic E-state index is 0.323. The summed E-state index contributed by atoms with van der Waals surface area (Å²) in [6.45, 7) is 0. The van der Waals surface area contributed by atoms with Gasteiger partial charge in [0.05, 0.1) is 11.3 Å². The number of aromatic nitrogens is 1. The van der Waals surface area contributed by atoms with Gasteiger partial charge in [-0.1, -0.05) is 6.07 Å². The summed E-state index contributed by atoms with van der Waals surface area (Å²) in [5.41, 5.74) is 0.323. The number of carbonyl (C=O) groups is 1. The number of benzene rings is 1. The second-order valence-electron chi connectivity index (χ2n) is 3.05. The first-order valence-corrected chi connectivity index (χ1v) is 6.47. The van der Waals surface area contributed by atoms with Gasteiger partial charge >= 0.3 is 5.97 Å². The molecule has 0 radical (unpaired) electrons. The van der Waals surface area contributed by atoms with Crippen LogP contribution in [-0.4, -0.2) is 16.1 Å². The minimum Gasteiger partial charge on any atom is -0.478 e. The topological polar surface area (TPSA) is 50.2 Å². The highest BCUT2D eigenvalue weighted by Gasteiger charge is 2.04. The summed E-state index contributed by atoms with van der Waals surface area (Å²) in [4.78, 5) is 15.9. The smallest absolute Gasteiger partial charge is 0.335 e. The first-order chi connectivity index (χ1) is 7.75. The second kappa shape index (κ2) is 5.14. The van der Waals surface area contributed by atoms with E-state index in [0.29, 0.717) is 5.56 Å². The molecule has 1 heterocycles. The van der Waals surface area contributed by atoms with Gasteiger partial charge in [0.15, 0.2) is 0 Å². The van der Waals surface area contributed by atoms with Crippen molar-refractivity contribution in [1.29, 1.82) is 0 Å². The van der Waals surface area contributed by atoms with Gasteiger partial charge < -0.3 is 5.11 Å². The van der Waals surface area contributed by atoms with Gasteiger partial charge in [0, 0.05) is 16.5 Å². The van der Waals surface area contributed by atoms with Crippen molar-refractivity contribution in [3.63, 3.8) is 0 Å². The van der Waals surface area contributed by atoms with Crippen LogP contribution in [-0.2, 0) is 5.75 Å². The molecule has 0 spiro atoms. The quantitative estimate of drug-likeness (QED) is 0.848. The van der Waals surface area contributed by atoms with Gasteiger partial charge in [-0.15, -0.1) is 23.1 Å². The molecule has 3 nitrogen and oxygen atoms in total. The van der Waals surface area contributed by atoms with Crippen molar-refractivity contribution in [2.75, 3.05) is 0 Å². The van der Waals surface area contributed by atoms with Crippen molar-refractivity contribution in [3.8, 4) is 0 Å². The van der Waals surface area contributed by atoms with Gasteiger partial charge in [0.2, 0.25) is 0 Å². The Labute approximate surface area is 101 Å². The fraction of sp³-hybridized carbons (Fsp3) is 0.0909. The van der Waals surface area contributed by atoms with Crippen LogP contribution >= 0.6 is 23.1 Å². The first-order valence-electron chi connectivity index (χ1n) is 4.60. The molecule has 0 saturated heterocycles. The van der Waals surface area contributed by atoms with Crippen LogP contribution in [0.2, 0.25) is 0 Å². The maximum Gasteiger partial charge on any atom is 0.335 e. The zero-order valence-corrected chi connectivity index (χ0v) is 9.92. The number of rotatable bonds is 4. The predicted octanol–water partition coefficient (Wildman–Crippen LogP) is 3.13. The SMILES string of the molecule is O=C(O)c1cccc(SCc2nccs2)c1. The maximum absolute atomic E-state index is 10.8. The molecule has 5 heteroatoms. The minimum atomic E-state index is -0.892. The maximum atomic E-state index is 10.8. The van der Waals surface area contributed by atoms with E-state index in [0.717, 1.165) is 15.7 Å². The highest BCUT2D eigenvalue weighted by molar-refractivity contribution is 7.98. The van der Waals surface area contributed by atoms with Crippen LogP contribution in [0.4, 0.5) is 0 Å². The van der Waals surface area contributed by atoms with E-state index >= 15 is 0 Å². The number of aromatic carboxylic acids is 1. The van der Waals surface area contributed by atoms with Gasteiger partial charge in [0.1, 0.15) is 5.01 Å². The lowest BCUT2D eigenvalue weighted by atomic mass is 10.2. The molecule has 0 unspecified atom stereocenters. The number of nitrogens with zero attached hydrogens (tertiary/aromatic N) is 1. The third-order valence-corrected chi connectivity index (χ3v) is 3.89. The number of hydrogen-bond acceptors (Lipinski definition) is 4. The molecule has 16 heavy (non-hydrogen) atoms. The van der Waals surface area contributed by atoms with Gasteiger partial charge in [-0.2, -0.15) is 0 Å². The van der Waals surface area contributed by atoms with Crippen LogP contribution in [0.5, 0.6) is 0 Å². The molecule has 0 aliphatic heterocycles. The third kappa shape index (κ3) is 2.84. The number of carboxylic acids is 1. The molecule has 0 fully saturated rings. The molecule has 1 aromatic heterocycles. The monoisotopic (exact) mass is 251 g/mol. The Morgan fingerprint density at radius 3 is 3.06 bits per heavy atom. The van der Waals surface area contributed by atoms with E-state index in [1.54, 1.807) is 47.5 Å². The Morgan fingerprint density at radius 1 is 1.50 bits per heavy atom. The Hall–Kier alpha value is -1.33. The molecule has 82 valence electrons. The van der Waals surface area contributed by atoms with Gasteiger partial charge in [0.25, 0.3) is 0 Å². The van der Waals surface area contributed by atoms with E-state index in [9.17, 15) is 4.79 Å². The normalized spacial score (nSPS) is 10.2. The average molecular weight is 251 g/mol. The van der Waals surface area contributed by atoms with Gasteiger partial charge in [-0.25, -0.2) is 9.78 Å². The summed E-state index contributed by atoms with van der Waals surface area (Å²) in [6, 6.07) is 6.94. The van der Waals surface area contributed by atoms with Crippen LogP contribution in [0.3, 0.4) is 0 Å². The zero-order chi connectivity index (χ0) is 11.4. The van der Waals surface area contributed by atoms with Gasteiger partial charge in [-0.05, 0) is 18.2 Å².